The highest BCUT2D eigenvalue weighted by Crippen LogP contribution is 2.41. The lowest BCUT2D eigenvalue weighted by molar-refractivity contribution is -0.139. The SMILES string of the molecule is C[C@@H]1C[C@H](NS(C)(=O)=O)[C@@H]2COC3CCC(CC3)c3ccc(C(F)(F)F)c(c3)OCCCOC(=O)N12. The van der Waals surface area contributed by atoms with Crippen molar-refractivity contribution >= 4 is 16.1 Å². The monoisotopic (exact) mass is 534 g/mol. The summed E-state index contributed by atoms with van der Waals surface area (Å²) in [6.45, 7) is 1.88. The number of carbonyl (C=O) groups is 1. The highest BCUT2D eigenvalue weighted by Gasteiger charge is 2.44. The summed E-state index contributed by atoms with van der Waals surface area (Å²) in [6, 6.07) is 2.76. The topological polar surface area (TPSA) is 94.2 Å². The van der Waals surface area contributed by atoms with Crippen molar-refractivity contribution in [3.05, 3.63) is 29.3 Å². The standard InChI is InChI=1S/C24H33F3N2O6S/c1-15-12-20(28-36(2,31)32)21-14-35-18-7-4-16(5-8-18)17-6-9-19(24(25,26)27)22(13-17)33-10-3-11-34-23(30)29(15)21/h6,9,13,15-16,18,20-21,28H,3-5,7-8,10-12,14H2,1-2H3/t15-,16?,18?,20+,21+/m1/s1. The first-order valence-electron chi connectivity index (χ1n) is 12.3. The van der Waals surface area contributed by atoms with E-state index in [0.717, 1.165) is 30.7 Å². The van der Waals surface area contributed by atoms with E-state index in [2.05, 4.69) is 4.72 Å². The highest BCUT2D eigenvalue weighted by atomic mass is 32.2. The van der Waals surface area contributed by atoms with Gasteiger partial charge in [0.25, 0.3) is 0 Å². The smallest absolute Gasteiger partial charge is 0.419 e. The molecule has 1 aromatic carbocycles. The zero-order chi connectivity index (χ0) is 26.1. The largest absolute Gasteiger partial charge is 0.493 e. The molecular weight excluding hydrogens is 501 g/mol. The number of nitrogens with one attached hydrogen (secondary N) is 1. The van der Waals surface area contributed by atoms with Crippen molar-refractivity contribution in [2.24, 2.45) is 0 Å². The van der Waals surface area contributed by atoms with Crippen molar-refractivity contribution in [3.63, 3.8) is 0 Å². The summed E-state index contributed by atoms with van der Waals surface area (Å²) in [5, 5.41) is 0. The zero-order valence-electron chi connectivity index (χ0n) is 20.4. The number of halogens is 3. The summed E-state index contributed by atoms with van der Waals surface area (Å²) >= 11 is 0. The van der Waals surface area contributed by atoms with Crippen LogP contribution >= 0.6 is 0 Å². The summed E-state index contributed by atoms with van der Waals surface area (Å²) in [7, 11) is -3.51. The van der Waals surface area contributed by atoms with Gasteiger partial charge in [0.05, 0.1) is 43.8 Å². The third-order valence-electron chi connectivity index (χ3n) is 7.20. The Bertz CT molecular complexity index is 1040. The van der Waals surface area contributed by atoms with Crippen molar-refractivity contribution in [2.45, 2.75) is 81.8 Å². The first kappa shape index (κ1) is 27.0. The van der Waals surface area contributed by atoms with E-state index in [4.69, 9.17) is 14.2 Å². The van der Waals surface area contributed by atoms with Crippen LogP contribution in [0.3, 0.4) is 0 Å². The van der Waals surface area contributed by atoms with Gasteiger partial charge in [-0.3, -0.25) is 4.90 Å². The fraction of sp³-hybridized carbons (Fsp3) is 0.708. The van der Waals surface area contributed by atoms with E-state index in [0.29, 0.717) is 19.3 Å². The van der Waals surface area contributed by atoms with Crippen LogP contribution in [0.25, 0.3) is 0 Å². The number of hydrogen-bond acceptors (Lipinski definition) is 6. The number of ether oxygens (including phenoxy) is 3. The highest BCUT2D eigenvalue weighted by molar-refractivity contribution is 7.88. The number of benzene rings is 1. The minimum atomic E-state index is -4.54. The molecule has 3 aliphatic heterocycles. The molecule has 5 rings (SSSR count). The van der Waals surface area contributed by atoms with E-state index in [9.17, 15) is 26.4 Å². The van der Waals surface area contributed by atoms with Crippen LogP contribution in [0.15, 0.2) is 18.2 Å². The van der Waals surface area contributed by atoms with Crippen LogP contribution in [0.5, 0.6) is 5.75 Å². The molecule has 0 unspecified atom stereocenters. The molecule has 1 saturated heterocycles. The summed E-state index contributed by atoms with van der Waals surface area (Å²) in [4.78, 5) is 14.4. The molecule has 12 heteroatoms. The van der Waals surface area contributed by atoms with Gasteiger partial charge in [-0.25, -0.2) is 17.9 Å². The molecule has 1 N–H and O–H groups in total. The molecule has 0 aromatic heterocycles. The van der Waals surface area contributed by atoms with Crippen LogP contribution in [0.4, 0.5) is 18.0 Å². The average Bonchev–Trinajstić information content (AvgIpc) is 3.09. The molecule has 3 atom stereocenters. The third kappa shape index (κ3) is 6.44. The normalized spacial score (nSPS) is 30.3. The lowest BCUT2D eigenvalue weighted by Gasteiger charge is -2.33. The van der Waals surface area contributed by atoms with Crippen LogP contribution in [-0.2, 0) is 25.7 Å². The molecule has 0 spiro atoms. The van der Waals surface area contributed by atoms with Crippen molar-refractivity contribution in [2.75, 3.05) is 26.1 Å². The fourth-order valence-electron chi connectivity index (χ4n) is 5.49. The Balaban J connectivity index is 1.55. The fourth-order valence-corrected chi connectivity index (χ4v) is 6.29. The van der Waals surface area contributed by atoms with Gasteiger partial charge >= 0.3 is 12.3 Å². The Morgan fingerprint density at radius 3 is 2.44 bits per heavy atom. The maximum atomic E-state index is 13.5. The average molecular weight is 535 g/mol. The maximum absolute atomic E-state index is 13.5. The Morgan fingerprint density at radius 2 is 1.78 bits per heavy atom. The van der Waals surface area contributed by atoms with E-state index in [1.165, 1.54) is 17.0 Å². The number of nitrogens with zero attached hydrogens (tertiary/aromatic N) is 1. The number of carbonyl (C=O) groups excluding carboxylic acids is 1. The summed E-state index contributed by atoms with van der Waals surface area (Å²) in [5.74, 6) is -0.116. The third-order valence-corrected chi connectivity index (χ3v) is 7.93. The van der Waals surface area contributed by atoms with Crippen molar-refractivity contribution in [3.8, 4) is 5.75 Å². The summed E-state index contributed by atoms with van der Waals surface area (Å²) < 4.78 is 84.2. The van der Waals surface area contributed by atoms with Gasteiger partial charge in [0.2, 0.25) is 10.0 Å². The van der Waals surface area contributed by atoms with Gasteiger partial charge in [-0.15, -0.1) is 0 Å². The van der Waals surface area contributed by atoms with Crippen LogP contribution in [0.1, 0.15) is 62.5 Å². The van der Waals surface area contributed by atoms with Gasteiger partial charge in [0.1, 0.15) is 5.75 Å². The minimum Gasteiger partial charge on any atom is -0.493 e. The van der Waals surface area contributed by atoms with Gasteiger partial charge < -0.3 is 14.2 Å². The van der Waals surface area contributed by atoms with Gasteiger partial charge in [-0.05, 0) is 62.6 Å². The second-order valence-corrected chi connectivity index (χ2v) is 11.7. The van der Waals surface area contributed by atoms with E-state index >= 15 is 0 Å². The molecule has 4 aliphatic rings. The van der Waals surface area contributed by atoms with E-state index in [1.807, 2.05) is 6.92 Å². The van der Waals surface area contributed by atoms with Gasteiger partial charge in [-0.2, -0.15) is 13.2 Å². The molecule has 4 bridgehead atoms. The Hall–Kier alpha value is -2.05. The molecular formula is C24H33F3N2O6S. The first-order valence-corrected chi connectivity index (χ1v) is 14.2. The Morgan fingerprint density at radius 1 is 1.08 bits per heavy atom. The Labute approximate surface area is 209 Å². The molecule has 2 fully saturated rings. The predicted octanol–water partition coefficient (Wildman–Crippen LogP) is 4.05. The molecule has 3 heterocycles. The molecule has 0 radical (unpaired) electrons. The number of hydrogen-bond donors (Lipinski definition) is 1. The molecule has 1 aromatic rings. The van der Waals surface area contributed by atoms with Crippen LogP contribution in [-0.4, -0.2) is 69.7 Å². The molecule has 1 aliphatic carbocycles. The lowest BCUT2D eigenvalue weighted by Crippen LogP contribution is -2.50. The zero-order valence-corrected chi connectivity index (χ0v) is 21.2. The number of amides is 1. The van der Waals surface area contributed by atoms with Crippen LogP contribution in [0, 0.1) is 0 Å². The van der Waals surface area contributed by atoms with Gasteiger partial charge in [0, 0.05) is 18.5 Å². The second-order valence-electron chi connectivity index (χ2n) is 9.93. The van der Waals surface area contributed by atoms with Crippen molar-refractivity contribution in [1.29, 1.82) is 0 Å². The second kappa shape index (κ2) is 10.7. The molecule has 1 amide bonds. The minimum absolute atomic E-state index is 0.0487. The quantitative estimate of drug-likeness (QED) is 0.616. The molecule has 1 saturated carbocycles. The van der Waals surface area contributed by atoms with Gasteiger partial charge in [0.15, 0.2) is 0 Å². The van der Waals surface area contributed by atoms with Gasteiger partial charge in [-0.1, -0.05) is 6.07 Å². The number of rotatable bonds is 2. The lowest BCUT2D eigenvalue weighted by atomic mass is 9.82. The summed E-state index contributed by atoms with van der Waals surface area (Å²) in [6.07, 6.45) is -0.637. The van der Waals surface area contributed by atoms with Crippen molar-refractivity contribution < 1.29 is 40.6 Å². The first-order chi connectivity index (χ1) is 16.9. The molecule has 202 valence electrons. The maximum Gasteiger partial charge on any atom is 0.419 e. The Kier molecular flexibility index (Phi) is 8.06. The molecule has 36 heavy (non-hydrogen) atoms. The number of alkyl halides is 3. The summed E-state index contributed by atoms with van der Waals surface area (Å²) in [5.41, 5.74) is -0.0169. The van der Waals surface area contributed by atoms with E-state index < -0.39 is 39.9 Å². The molecule has 8 nitrogen and oxygen atoms in total. The van der Waals surface area contributed by atoms with Crippen molar-refractivity contribution in [1.82, 2.24) is 9.62 Å². The van der Waals surface area contributed by atoms with E-state index in [1.54, 1.807) is 0 Å². The number of sulfonamides is 1. The van der Waals surface area contributed by atoms with Crippen LogP contribution in [0.2, 0.25) is 0 Å². The van der Waals surface area contributed by atoms with E-state index in [-0.39, 0.29) is 50.1 Å². The predicted molar refractivity (Wildman–Crippen MR) is 125 cm³/mol. The van der Waals surface area contributed by atoms with Crippen LogP contribution < -0.4 is 9.46 Å². The number of fused-ring (bicyclic) bond motifs is 8.